The highest BCUT2D eigenvalue weighted by molar-refractivity contribution is 6.18. The van der Waals surface area contributed by atoms with Gasteiger partial charge in [-0.05, 0) is 6.42 Å². The van der Waals surface area contributed by atoms with Crippen LogP contribution in [-0.2, 0) is 6.42 Å². The highest BCUT2D eigenvalue weighted by Crippen LogP contribution is 2.23. The zero-order chi connectivity index (χ0) is 6.97. The van der Waals surface area contributed by atoms with Gasteiger partial charge >= 0.3 is 0 Å². The number of hydrogen-bond donors (Lipinski definition) is 0. The van der Waals surface area contributed by atoms with Crippen LogP contribution in [0.15, 0.2) is 6.33 Å². The lowest BCUT2D eigenvalue weighted by atomic mass is 10.2. The first kappa shape index (κ1) is 6.16. The number of nitrogens with zero attached hydrogens (tertiary/aromatic N) is 3. The molecule has 0 amide bonds. The lowest BCUT2D eigenvalue weighted by molar-refractivity contribution is 0.526. The van der Waals surface area contributed by atoms with E-state index < -0.39 is 0 Å². The van der Waals surface area contributed by atoms with E-state index in [0.29, 0.717) is 11.9 Å². The number of hydrogen-bond acceptors (Lipinski definition) is 2. The molecule has 10 heavy (non-hydrogen) atoms. The van der Waals surface area contributed by atoms with Crippen molar-refractivity contribution < 1.29 is 0 Å². The van der Waals surface area contributed by atoms with E-state index in [1.54, 1.807) is 6.33 Å². The van der Waals surface area contributed by atoms with Crippen LogP contribution >= 0.6 is 11.6 Å². The minimum Gasteiger partial charge on any atom is -0.246 e. The number of fused-ring (bicyclic) bond motifs is 1. The van der Waals surface area contributed by atoms with Gasteiger partial charge in [0, 0.05) is 12.3 Å². The van der Waals surface area contributed by atoms with Gasteiger partial charge in [-0.3, -0.25) is 0 Å². The van der Waals surface area contributed by atoms with Gasteiger partial charge in [0.15, 0.2) is 0 Å². The molecule has 0 radical (unpaired) electrons. The molecule has 0 aliphatic carbocycles. The number of rotatable bonds is 1. The first-order valence-electron chi connectivity index (χ1n) is 3.36. The molecule has 0 saturated carbocycles. The standard InChI is InChI=1S/C6H8ClN3/c7-3-5-1-2-6-8-4-9-10(5)6/h4-5H,1-3H2/t5-/m0/s1. The fraction of sp³-hybridized carbons (Fsp3) is 0.667. The molecule has 0 saturated heterocycles. The minimum atomic E-state index is 0.388. The van der Waals surface area contributed by atoms with Crippen molar-refractivity contribution in [3.8, 4) is 0 Å². The van der Waals surface area contributed by atoms with Crippen LogP contribution in [-0.4, -0.2) is 20.6 Å². The normalized spacial score (nSPS) is 23.1. The first-order valence-corrected chi connectivity index (χ1v) is 3.89. The largest absolute Gasteiger partial charge is 0.246 e. The quantitative estimate of drug-likeness (QED) is 0.570. The Morgan fingerprint density at radius 3 is 3.50 bits per heavy atom. The molecule has 1 aromatic heterocycles. The third kappa shape index (κ3) is 0.736. The van der Waals surface area contributed by atoms with Crippen LogP contribution in [0.2, 0.25) is 0 Å². The van der Waals surface area contributed by atoms with Crippen LogP contribution in [0.5, 0.6) is 0 Å². The minimum absolute atomic E-state index is 0.388. The Kier molecular flexibility index (Phi) is 1.38. The van der Waals surface area contributed by atoms with Gasteiger partial charge in [0.1, 0.15) is 12.2 Å². The third-order valence-corrected chi connectivity index (χ3v) is 2.23. The molecule has 1 atom stereocenters. The number of aryl methyl sites for hydroxylation is 1. The molecule has 1 aliphatic heterocycles. The molecule has 0 fully saturated rings. The Morgan fingerprint density at radius 2 is 2.70 bits per heavy atom. The molecule has 2 rings (SSSR count). The topological polar surface area (TPSA) is 30.7 Å². The van der Waals surface area contributed by atoms with Gasteiger partial charge in [-0.25, -0.2) is 9.67 Å². The molecular formula is C6H8ClN3. The Hall–Kier alpha value is -0.570. The fourth-order valence-corrected chi connectivity index (χ4v) is 1.60. The summed E-state index contributed by atoms with van der Waals surface area (Å²) < 4.78 is 1.92. The molecular weight excluding hydrogens is 150 g/mol. The molecule has 0 unspecified atom stereocenters. The van der Waals surface area contributed by atoms with E-state index in [2.05, 4.69) is 10.1 Å². The summed E-state index contributed by atoms with van der Waals surface area (Å²) in [6.45, 7) is 0. The maximum Gasteiger partial charge on any atom is 0.138 e. The summed E-state index contributed by atoms with van der Waals surface area (Å²) in [6, 6.07) is 0.388. The van der Waals surface area contributed by atoms with Gasteiger partial charge in [0.25, 0.3) is 0 Å². The van der Waals surface area contributed by atoms with Crippen LogP contribution in [0.4, 0.5) is 0 Å². The molecule has 1 aromatic rings. The maximum absolute atomic E-state index is 5.70. The predicted octanol–water partition coefficient (Wildman–Crippen LogP) is 1.00. The zero-order valence-corrected chi connectivity index (χ0v) is 6.25. The van der Waals surface area contributed by atoms with Crippen molar-refractivity contribution in [2.24, 2.45) is 0 Å². The van der Waals surface area contributed by atoms with Gasteiger partial charge in [-0.15, -0.1) is 11.6 Å². The van der Waals surface area contributed by atoms with Crippen molar-refractivity contribution in [2.45, 2.75) is 18.9 Å². The van der Waals surface area contributed by atoms with Crippen LogP contribution in [0, 0.1) is 0 Å². The van der Waals surface area contributed by atoms with Gasteiger partial charge in [0.05, 0.1) is 6.04 Å². The Bertz CT molecular complexity index is 233. The maximum atomic E-state index is 5.70. The number of alkyl halides is 1. The van der Waals surface area contributed by atoms with Gasteiger partial charge in [-0.1, -0.05) is 0 Å². The Morgan fingerprint density at radius 1 is 1.80 bits per heavy atom. The van der Waals surface area contributed by atoms with Crippen molar-refractivity contribution in [1.82, 2.24) is 14.8 Å². The smallest absolute Gasteiger partial charge is 0.138 e. The predicted molar refractivity (Wildman–Crippen MR) is 38.1 cm³/mol. The summed E-state index contributed by atoms with van der Waals surface area (Å²) in [5.74, 6) is 1.72. The number of aromatic nitrogens is 3. The fourth-order valence-electron chi connectivity index (χ4n) is 1.32. The second-order valence-electron chi connectivity index (χ2n) is 2.47. The van der Waals surface area contributed by atoms with E-state index in [1.165, 1.54) is 0 Å². The molecule has 2 heterocycles. The molecule has 0 aromatic carbocycles. The summed E-state index contributed by atoms with van der Waals surface area (Å²) >= 11 is 5.70. The van der Waals surface area contributed by atoms with Crippen molar-refractivity contribution in [1.29, 1.82) is 0 Å². The number of halogens is 1. The van der Waals surface area contributed by atoms with Crippen LogP contribution in [0.25, 0.3) is 0 Å². The SMILES string of the molecule is ClC[C@@H]1CCc2ncnn21. The summed E-state index contributed by atoms with van der Waals surface area (Å²) in [7, 11) is 0. The van der Waals surface area contributed by atoms with E-state index in [1.807, 2.05) is 4.68 Å². The summed E-state index contributed by atoms with van der Waals surface area (Å²) in [6.07, 6.45) is 3.71. The van der Waals surface area contributed by atoms with Crippen LogP contribution in [0.3, 0.4) is 0 Å². The van der Waals surface area contributed by atoms with E-state index in [4.69, 9.17) is 11.6 Å². The summed E-state index contributed by atoms with van der Waals surface area (Å²) in [4.78, 5) is 4.09. The van der Waals surface area contributed by atoms with Crippen LogP contribution < -0.4 is 0 Å². The third-order valence-electron chi connectivity index (χ3n) is 1.87. The molecule has 0 N–H and O–H groups in total. The van der Waals surface area contributed by atoms with E-state index in [-0.39, 0.29) is 0 Å². The average Bonchev–Trinajstić information content (AvgIpc) is 2.44. The lowest BCUT2D eigenvalue weighted by Gasteiger charge is -2.04. The average molecular weight is 158 g/mol. The summed E-state index contributed by atoms with van der Waals surface area (Å²) in [5.41, 5.74) is 0. The first-order chi connectivity index (χ1) is 4.92. The molecule has 4 heteroatoms. The highest BCUT2D eigenvalue weighted by atomic mass is 35.5. The van der Waals surface area contributed by atoms with Crippen molar-refractivity contribution in [2.75, 3.05) is 5.88 Å². The second kappa shape index (κ2) is 2.23. The molecule has 3 nitrogen and oxygen atoms in total. The van der Waals surface area contributed by atoms with Gasteiger partial charge < -0.3 is 0 Å². The van der Waals surface area contributed by atoms with E-state index in [0.717, 1.165) is 18.7 Å². The van der Waals surface area contributed by atoms with Gasteiger partial charge in [0.2, 0.25) is 0 Å². The van der Waals surface area contributed by atoms with Crippen molar-refractivity contribution in [3.63, 3.8) is 0 Å². The van der Waals surface area contributed by atoms with E-state index in [9.17, 15) is 0 Å². The lowest BCUT2D eigenvalue weighted by Crippen LogP contribution is -2.06. The Labute approximate surface area is 64.0 Å². The zero-order valence-electron chi connectivity index (χ0n) is 5.50. The van der Waals surface area contributed by atoms with Gasteiger partial charge in [-0.2, -0.15) is 5.10 Å². The molecule has 0 bridgehead atoms. The monoisotopic (exact) mass is 157 g/mol. The molecule has 0 spiro atoms. The van der Waals surface area contributed by atoms with Crippen molar-refractivity contribution in [3.05, 3.63) is 12.2 Å². The summed E-state index contributed by atoms with van der Waals surface area (Å²) in [5, 5.41) is 4.07. The molecule has 1 aliphatic rings. The van der Waals surface area contributed by atoms with E-state index >= 15 is 0 Å². The molecule has 54 valence electrons. The highest BCUT2D eigenvalue weighted by Gasteiger charge is 2.21. The van der Waals surface area contributed by atoms with Crippen LogP contribution in [0.1, 0.15) is 18.3 Å². The second-order valence-corrected chi connectivity index (χ2v) is 2.78. The van der Waals surface area contributed by atoms with Crippen molar-refractivity contribution >= 4 is 11.6 Å². The Balaban J connectivity index is 2.34.